The number of fused-ring (bicyclic) bond motifs is 1. The van der Waals surface area contributed by atoms with Gasteiger partial charge >= 0.3 is 0 Å². The van der Waals surface area contributed by atoms with Gasteiger partial charge in [-0.25, -0.2) is 0 Å². The summed E-state index contributed by atoms with van der Waals surface area (Å²) in [6.07, 6.45) is -0.340. The van der Waals surface area contributed by atoms with Crippen molar-refractivity contribution in [2.75, 3.05) is 14.7 Å². The second kappa shape index (κ2) is 15.4. The number of hydrogen-bond donors (Lipinski definition) is 0. The van der Waals surface area contributed by atoms with Gasteiger partial charge in [-0.15, -0.1) is 0 Å². The highest BCUT2D eigenvalue weighted by Gasteiger charge is 2.29. The van der Waals surface area contributed by atoms with Crippen LogP contribution in [0.1, 0.15) is 63.6 Å². The molecule has 0 bridgehead atoms. The largest absolute Gasteiger partial charge is 0.462 e. The van der Waals surface area contributed by atoms with Crippen LogP contribution in [0, 0.1) is 0 Å². The lowest BCUT2D eigenvalue weighted by atomic mass is 9.85. The van der Waals surface area contributed by atoms with Gasteiger partial charge in [0.2, 0.25) is 0 Å². The third kappa shape index (κ3) is 7.66. The zero-order valence-corrected chi connectivity index (χ0v) is 33.6. The third-order valence-electron chi connectivity index (χ3n) is 9.72. The molecule has 0 saturated carbocycles. The number of nitrogens with zero attached hydrogens (tertiary/aromatic N) is 3. The molecule has 0 spiro atoms. The fourth-order valence-electron chi connectivity index (χ4n) is 6.71. The third-order valence-corrected chi connectivity index (χ3v) is 10.1. The second-order valence-corrected chi connectivity index (χ2v) is 16.3. The van der Waals surface area contributed by atoms with E-state index in [4.69, 9.17) is 18.8 Å². The van der Waals surface area contributed by atoms with E-state index in [1.165, 1.54) is 0 Å². The maximum atomic E-state index is 10.1. The Bertz CT molecular complexity index is 3020. The zero-order chi connectivity index (χ0) is 46.7. The Morgan fingerprint density at radius 3 is 1.40 bits per heavy atom. The van der Waals surface area contributed by atoms with Crippen molar-refractivity contribution in [3.05, 3.63) is 198 Å². The minimum absolute atomic E-state index is 0.00857. The van der Waals surface area contributed by atoms with Crippen LogP contribution in [-0.2, 0) is 10.8 Å². The molecule has 1 aromatic heterocycles. The molecular weight excluding hydrogens is 718 g/mol. The van der Waals surface area contributed by atoms with Crippen LogP contribution in [-0.4, -0.2) is 0 Å². The Morgan fingerprint density at radius 2 is 0.912 bits per heavy atom. The molecular formula is C52H48ClN3O. The van der Waals surface area contributed by atoms with Crippen molar-refractivity contribution in [3.63, 3.8) is 0 Å². The van der Waals surface area contributed by atoms with Gasteiger partial charge in [0.1, 0.15) is 13.2 Å². The van der Waals surface area contributed by atoms with E-state index in [1.54, 1.807) is 14.7 Å². The van der Waals surface area contributed by atoms with Gasteiger partial charge in [0.15, 0.2) is 0 Å². The molecule has 0 aliphatic carbocycles. The first-order valence-corrected chi connectivity index (χ1v) is 19.3. The van der Waals surface area contributed by atoms with Crippen LogP contribution in [0.3, 0.4) is 0 Å². The number of benzene rings is 7. The molecule has 0 atom stereocenters. The summed E-state index contributed by atoms with van der Waals surface area (Å²) in [6, 6.07) is 39.3. The molecule has 0 aliphatic rings. The lowest BCUT2D eigenvalue weighted by molar-refractivity contribution is 0.589. The van der Waals surface area contributed by atoms with Gasteiger partial charge in [-0.05, 0) is 113 Å². The summed E-state index contributed by atoms with van der Waals surface area (Å²) in [5, 5.41) is 0.317. The molecule has 8 aromatic rings. The van der Waals surface area contributed by atoms with Crippen molar-refractivity contribution in [2.24, 2.45) is 0 Å². The fraction of sp³-hybridized carbons (Fsp3) is 0.154. The molecule has 0 unspecified atom stereocenters. The van der Waals surface area contributed by atoms with E-state index in [0.717, 1.165) is 5.56 Å². The molecule has 0 radical (unpaired) electrons. The monoisotopic (exact) mass is 773 g/mol. The molecule has 0 amide bonds. The highest BCUT2D eigenvalue weighted by atomic mass is 35.5. The van der Waals surface area contributed by atoms with Crippen LogP contribution in [0.2, 0.25) is 5.02 Å². The summed E-state index contributed by atoms with van der Waals surface area (Å²) < 4.78 is 81.5. The van der Waals surface area contributed by atoms with Crippen molar-refractivity contribution in [1.29, 1.82) is 0 Å². The van der Waals surface area contributed by atoms with E-state index < -0.39 is 10.8 Å². The van der Waals surface area contributed by atoms with Crippen LogP contribution in [0.4, 0.5) is 51.2 Å². The average Bonchev–Trinajstić information content (AvgIpc) is 3.63. The average molecular weight is 774 g/mol. The van der Waals surface area contributed by atoms with Crippen molar-refractivity contribution in [3.8, 4) is 0 Å². The van der Waals surface area contributed by atoms with E-state index in [0.29, 0.717) is 39.7 Å². The number of para-hydroxylation sites is 4. The van der Waals surface area contributed by atoms with Gasteiger partial charge in [-0.3, -0.25) is 0 Å². The molecule has 8 rings (SSSR count). The zero-order valence-electron chi connectivity index (χ0n) is 40.8. The Labute approximate surface area is 353 Å². The highest BCUT2D eigenvalue weighted by molar-refractivity contribution is 6.37. The molecule has 4 nitrogen and oxygen atoms in total. The Kier molecular flexibility index (Phi) is 7.84. The van der Waals surface area contributed by atoms with Crippen molar-refractivity contribution >= 4 is 73.8 Å². The van der Waals surface area contributed by atoms with E-state index in [2.05, 4.69) is 0 Å². The second-order valence-electron chi connectivity index (χ2n) is 15.9. The van der Waals surface area contributed by atoms with Gasteiger partial charge in [-0.2, -0.15) is 0 Å². The van der Waals surface area contributed by atoms with Gasteiger partial charge < -0.3 is 19.1 Å². The Balaban J connectivity index is 1.50. The van der Waals surface area contributed by atoms with Gasteiger partial charge in [0.05, 0.1) is 31.7 Å². The smallest absolute Gasteiger partial charge is 0.136 e. The number of rotatable bonds is 9. The Morgan fingerprint density at radius 1 is 0.474 bits per heavy atom. The summed E-state index contributed by atoms with van der Waals surface area (Å²) in [4.78, 5) is 5.20. The first kappa shape index (κ1) is 29.1. The maximum Gasteiger partial charge on any atom is 0.136 e. The summed E-state index contributed by atoms with van der Waals surface area (Å²) in [5.41, 5.74) is 3.15. The van der Waals surface area contributed by atoms with Crippen LogP contribution in [0.25, 0.3) is 11.0 Å². The molecule has 7 aromatic carbocycles. The summed E-state index contributed by atoms with van der Waals surface area (Å²) in [6.45, 7) is 11.8. The van der Waals surface area contributed by atoms with Crippen LogP contribution < -0.4 is 14.7 Å². The van der Waals surface area contributed by atoms with Crippen molar-refractivity contribution in [2.45, 2.75) is 52.4 Å². The number of halogens is 1. The molecule has 284 valence electrons. The summed E-state index contributed by atoms with van der Waals surface area (Å²) >= 11 is 7.85. The van der Waals surface area contributed by atoms with Crippen molar-refractivity contribution in [1.82, 2.24) is 0 Å². The lowest BCUT2D eigenvalue weighted by Crippen LogP contribution is -2.19. The molecule has 5 heteroatoms. The van der Waals surface area contributed by atoms with E-state index in [1.807, 2.05) is 175 Å². The molecule has 0 N–H and O–H groups in total. The van der Waals surface area contributed by atoms with Crippen LogP contribution in [0.15, 0.2) is 186 Å². The van der Waals surface area contributed by atoms with Gasteiger partial charge in [0.25, 0.3) is 0 Å². The molecule has 57 heavy (non-hydrogen) atoms. The first-order valence-electron chi connectivity index (χ1n) is 22.9. The first-order chi connectivity index (χ1) is 30.8. The van der Waals surface area contributed by atoms with Crippen LogP contribution in [0.5, 0.6) is 0 Å². The standard InChI is InChI=1S/C52H48ClN3O/c1-51(2,3)37-30-31-49-45(32-37)48(36-57-49)56(42-26-17-10-18-27-42)47-34-38(52(4,5)6)33-46(50(47)53)55(41-24-15-9-16-25-41)44-29-19-28-43(35-44)54(39-20-11-7-12-21-39)40-22-13-8-14-23-40/h7-36H,1-6H3/i19D,28D,29D,30D,31D,32D,35D,36D. The SMILES string of the molecule is [2H]c1oc2c([2H])c([2H])c(C(C)(C)C)c([2H])c2c1N(c1ccccc1)c1cc(C(C)(C)C)cc(N(c2ccccc2)c2c([2H])c([2H])c([2H])c(N(c3ccccc3)c3ccccc3)c2[2H])c1Cl. The number of anilines is 9. The normalized spacial score (nSPS) is 13.7. The quantitative estimate of drug-likeness (QED) is 0.146. The highest BCUT2D eigenvalue weighted by Crippen LogP contribution is 2.51. The Hall–Kier alpha value is -6.23. The summed E-state index contributed by atoms with van der Waals surface area (Å²) in [7, 11) is 0. The predicted molar refractivity (Wildman–Crippen MR) is 243 cm³/mol. The minimum Gasteiger partial charge on any atom is -0.462 e. The topological polar surface area (TPSA) is 22.9 Å². The molecule has 1 heterocycles. The van der Waals surface area contributed by atoms with Crippen molar-refractivity contribution < 1.29 is 15.4 Å². The van der Waals surface area contributed by atoms with E-state index in [-0.39, 0.29) is 81.6 Å². The van der Waals surface area contributed by atoms with E-state index in [9.17, 15) is 8.22 Å². The molecule has 0 saturated heterocycles. The molecule has 0 aliphatic heterocycles. The number of furan rings is 1. The van der Waals surface area contributed by atoms with Crippen LogP contribution >= 0.6 is 11.6 Å². The maximum absolute atomic E-state index is 10.1. The van der Waals surface area contributed by atoms with Gasteiger partial charge in [-0.1, -0.05) is 138 Å². The molecule has 0 fully saturated rings. The number of hydrogen-bond acceptors (Lipinski definition) is 4. The van der Waals surface area contributed by atoms with E-state index >= 15 is 0 Å². The van der Waals surface area contributed by atoms with Gasteiger partial charge in [0, 0.05) is 39.5 Å². The summed E-state index contributed by atoms with van der Waals surface area (Å²) in [5.74, 6) is 0. The lowest BCUT2D eigenvalue weighted by Gasteiger charge is -2.34. The minimum atomic E-state index is -0.706. The fourth-order valence-corrected chi connectivity index (χ4v) is 6.99. The predicted octanol–water partition coefficient (Wildman–Crippen LogP) is 16.1.